The summed E-state index contributed by atoms with van der Waals surface area (Å²) in [7, 11) is 0. The van der Waals surface area contributed by atoms with E-state index < -0.39 is 0 Å². The third-order valence-electron chi connectivity index (χ3n) is 3.28. The Morgan fingerprint density at radius 3 is 2.77 bits per heavy atom. The minimum atomic E-state index is -0.152. The van der Waals surface area contributed by atoms with E-state index in [9.17, 15) is 4.79 Å². The number of carbonyl (C=O) groups is 1. The van der Waals surface area contributed by atoms with Crippen molar-refractivity contribution in [1.82, 2.24) is 5.43 Å². The quantitative estimate of drug-likeness (QED) is 0.696. The summed E-state index contributed by atoms with van der Waals surface area (Å²) < 4.78 is 10.5. The molecule has 22 heavy (non-hydrogen) atoms. The van der Waals surface area contributed by atoms with Gasteiger partial charge < -0.3 is 9.47 Å². The van der Waals surface area contributed by atoms with E-state index in [1.165, 1.54) is 5.56 Å². The molecule has 0 fully saturated rings. The Labute approximate surface area is 128 Å². The number of benzene rings is 2. The van der Waals surface area contributed by atoms with Crippen LogP contribution in [0.15, 0.2) is 47.6 Å². The van der Waals surface area contributed by atoms with Crippen molar-refractivity contribution in [2.45, 2.75) is 13.3 Å². The Hall–Kier alpha value is -2.82. The second kappa shape index (κ2) is 6.30. The summed E-state index contributed by atoms with van der Waals surface area (Å²) in [6, 6.07) is 13.3. The highest BCUT2D eigenvalue weighted by atomic mass is 16.7. The van der Waals surface area contributed by atoms with Gasteiger partial charge in [-0.05, 0) is 36.2 Å². The lowest BCUT2D eigenvalue weighted by molar-refractivity contribution is -0.120. The number of carbonyl (C=O) groups excluding carboxylic acids is 1. The maximum atomic E-state index is 11.8. The van der Waals surface area contributed by atoms with Gasteiger partial charge in [-0.1, -0.05) is 29.8 Å². The first-order chi connectivity index (χ1) is 10.7. The molecule has 112 valence electrons. The summed E-state index contributed by atoms with van der Waals surface area (Å²) in [5.41, 5.74) is 5.48. The Morgan fingerprint density at radius 2 is 1.95 bits per heavy atom. The van der Waals surface area contributed by atoms with Gasteiger partial charge in [-0.25, -0.2) is 5.43 Å². The van der Waals surface area contributed by atoms with Crippen molar-refractivity contribution in [3.05, 3.63) is 59.2 Å². The van der Waals surface area contributed by atoms with E-state index in [1.807, 2.05) is 49.4 Å². The zero-order valence-electron chi connectivity index (χ0n) is 12.2. The Kier molecular flexibility index (Phi) is 4.05. The lowest BCUT2D eigenvalue weighted by Crippen LogP contribution is -2.19. The maximum absolute atomic E-state index is 11.8. The molecule has 0 unspecified atom stereocenters. The van der Waals surface area contributed by atoms with Crippen molar-refractivity contribution >= 4 is 12.1 Å². The van der Waals surface area contributed by atoms with Crippen LogP contribution in [-0.4, -0.2) is 18.9 Å². The van der Waals surface area contributed by atoms with Crippen LogP contribution in [0.1, 0.15) is 16.7 Å². The second-order valence-corrected chi connectivity index (χ2v) is 5.07. The molecule has 0 spiro atoms. The van der Waals surface area contributed by atoms with Crippen LogP contribution in [-0.2, 0) is 11.2 Å². The van der Waals surface area contributed by atoms with Gasteiger partial charge in [0.25, 0.3) is 0 Å². The number of fused-ring (bicyclic) bond motifs is 1. The predicted molar refractivity (Wildman–Crippen MR) is 83.2 cm³/mol. The molecule has 0 saturated carbocycles. The zero-order valence-corrected chi connectivity index (χ0v) is 12.2. The van der Waals surface area contributed by atoms with Gasteiger partial charge in [0.2, 0.25) is 12.7 Å². The lowest BCUT2D eigenvalue weighted by Gasteiger charge is -2.01. The monoisotopic (exact) mass is 296 g/mol. The first kappa shape index (κ1) is 14.1. The average molecular weight is 296 g/mol. The molecule has 0 aliphatic carbocycles. The molecule has 0 radical (unpaired) electrons. The van der Waals surface area contributed by atoms with E-state index >= 15 is 0 Å². The molecule has 5 heteroatoms. The Balaban J connectivity index is 1.55. The van der Waals surface area contributed by atoms with E-state index in [1.54, 1.807) is 6.21 Å². The third kappa shape index (κ3) is 3.44. The van der Waals surface area contributed by atoms with Crippen LogP contribution in [0.5, 0.6) is 11.5 Å². The topological polar surface area (TPSA) is 59.9 Å². The fraction of sp³-hybridized carbons (Fsp3) is 0.176. The van der Waals surface area contributed by atoms with Gasteiger partial charge in [-0.15, -0.1) is 0 Å². The second-order valence-electron chi connectivity index (χ2n) is 5.07. The van der Waals surface area contributed by atoms with Crippen LogP contribution in [0.25, 0.3) is 0 Å². The summed E-state index contributed by atoms with van der Waals surface area (Å²) in [5, 5.41) is 3.96. The molecule has 5 nitrogen and oxygen atoms in total. The SMILES string of the molecule is Cc1ccc(CC(=O)NN=Cc2ccc3c(c2)OCO3)cc1. The van der Waals surface area contributed by atoms with Crippen LogP contribution in [0.4, 0.5) is 0 Å². The van der Waals surface area contributed by atoms with Crippen LogP contribution in [0.3, 0.4) is 0 Å². The predicted octanol–water partition coefficient (Wildman–Crippen LogP) is 2.42. The van der Waals surface area contributed by atoms with E-state index in [2.05, 4.69) is 10.5 Å². The van der Waals surface area contributed by atoms with E-state index in [0.29, 0.717) is 12.2 Å². The largest absolute Gasteiger partial charge is 0.454 e. The molecular weight excluding hydrogens is 280 g/mol. The highest BCUT2D eigenvalue weighted by Crippen LogP contribution is 2.31. The number of ether oxygens (including phenoxy) is 2. The van der Waals surface area contributed by atoms with E-state index in [4.69, 9.17) is 9.47 Å². The van der Waals surface area contributed by atoms with Gasteiger partial charge in [0.1, 0.15) is 0 Å². The number of hydrazone groups is 1. The minimum absolute atomic E-state index is 0.152. The molecule has 1 N–H and O–H groups in total. The smallest absolute Gasteiger partial charge is 0.244 e. The molecule has 0 saturated heterocycles. The first-order valence-electron chi connectivity index (χ1n) is 6.98. The van der Waals surface area contributed by atoms with E-state index in [0.717, 1.165) is 16.9 Å². The molecule has 0 atom stereocenters. The van der Waals surface area contributed by atoms with Crippen molar-refractivity contribution in [2.24, 2.45) is 5.10 Å². The third-order valence-corrected chi connectivity index (χ3v) is 3.28. The summed E-state index contributed by atoms with van der Waals surface area (Å²) in [6.45, 7) is 2.25. The van der Waals surface area contributed by atoms with Crippen LogP contribution in [0.2, 0.25) is 0 Å². The van der Waals surface area contributed by atoms with Crippen molar-refractivity contribution in [3.8, 4) is 11.5 Å². The Bertz CT molecular complexity index is 708. The summed E-state index contributed by atoms with van der Waals surface area (Å²) >= 11 is 0. The van der Waals surface area contributed by atoms with Gasteiger partial charge in [-0.2, -0.15) is 5.10 Å². The van der Waals surface area contributed by atoms with Gasteiger partial charge in [0.15, 0.2) is 11.5 Å². The fourth-order valence-corrected chi connectivity index (χ4v) is 2.10. The molecule has 2 aromatic carbocycles. The van der Waals surface area contributed by atoms with Crippen molar-refractivity contribution in [1.29, 1.82) is 0 Å². The standard InChI is InChI=1S/C17H16N2O3/c1-12-2-4-13(5-3-12)9-17(20)19-18-10-14-6-7-15-16(8-14)22-11-21-15/h2-8,10H,9,11H2,1H3,(H,19,20). The molecule has 2 aromatic rings. The molecule has 3 rings (SSSR count). The van der Waals surface area contributed by atoms with Crippen molar-refractivity contribution < 1.29 is 14.3 Å². The highest BCUT2D eigenvalue weighted by Gasteiger charge is 2.12. The molecule has 0 bridgehead atoms. The molecule has 1 aliphatic rings. The molecule has 1 aliphatic heterocycles. The van der Waals surface area contributed by atoms with Crippen LogP contribution >= 0.6 is 0 Å². The Morgan fingerprint density at radius 1 is 1.18 bits per heavy atom. The van der Waals surface area contributed by atoms with Gasteiger partial charge in [0, 0.05) is 0 Å². The number of hydrogen-bond acceptors (Lipinski definition) is 4. The fourth-order valence-electron chi connectivity index (χ4n) is 2.10. The summed E-state index contributed by atoms with van der Waals surface area (Å²) in [6.07, 6.45) is 1.88. The highest BCUT2D eigenvalue weighted by molar-refractivity contribution is 5.84. The van der Waals surface area contributed by atoms with Gasteiger partial charge in [-0.3, -0.25) is 4.79 Å². The molecular formula is C17H16N2O3. The van der Waals surface area contributed by atoms with Crippen molar-refractivity contribution in [3.63, 3.8) is 0 Å². The average Bonchev–Trinajstić information content (AvgIpc) is 2.97. The minimum Gasteiger partial charge on any atom is -0.454 e. The molecule has 1 amide bonds. The molecule has 0 aromatic heterocycles. The molecule has 1 heterocycles. The van der Waals surface area contributed by atoms with Crippen LogP contribution < -0.4 is 14.9 Å². The van der Waals surface area contributed by atoms with Gasteiger partial charge >= 0.3 is 0 Å². The number of hydrogen-bond donors (Lipinski definition) is 1. The van der Waals surface area contributed by atoms with Gasteiger partial charge in [0.05, 0.1) is 12.6 Å². The number of amides is 1. The number of nitrogens with zero attached hydrogens (tertiary/aromatic N) is 1. The number of rotatable bonds is 4. The first-order valence-corrected chi connectivity index (χ1v) is 6.98. The number of aryl methyl sites for hydroxylation is 1. The van der Waals surface area contributed by atoms with Crippen molar-refractivity contribution in [2.75, 3.05) is 6.79 Å². The lowest BCUT2D eigenvalue weighted by atomic mass is 10.1. The summed E-state index contributed by atoms with van der Waals surface area (Å²) in [4.78, 5) is 11.8. The summed E-state index contributed by atoms with van der Waals surface area (Å²) in [5.74, 6) is 1.26. The zero-order chi connectivity index (χ0) is 15.4. The van der Waals surface area contributed by atoms with E-state index in [-0.39, 0.29) is 12.7 Å². The maximum Gasteiger partial charge on any atom is 0.244 e. The normalized spacial score (nSPS) is 12.6. The van der Waals surface area contributed by atoms with Crippen LogP contribution in [0, 0.1) is 6.92 Å². The number of nitrogens with one attached hydrogen (secondary N) is 1.